The minimum atomic E-state index is -1.91. The van der Waals surface area contributed by atoms with Gasteiger partial charge in [-0.1, -0.05) is 0 Å². The van der Waals surface area contributed by atoms with E-state index in [0.717, 1.165) is 7.11 Å². The molecule has 6 heteroatoms. The fraction of sp³-hybridized carbons (Fsp3) is 0.667. The monoisotopic (exact) mass is 176 g/mol. The Labute approximate surface area is 69.5 Å². The number of aliphatic hydroxyl groups excluding tert-OH is 1. The van der Waals surface area contributed by atoms with Crippen LogP contribution < -0.4 is 11.5 Å². The molecule has 0 heterocycles. The molecule has 0 fully saturated rings. The smallest absolute Gasteiger partial charge is 0.335 e. The van der Waals surface area contributed by atoms with Crippen LogP contribution in [0.4, 0.5) is 0 Å². The largest absolute Gasteiger partial charge is 0.467 e. The number of primary amides is 1. The molecule has 0 rings (SSSR count). The van der Waals surface area contributed by atoms with Gasteiger partial charge in [-0.25, -0.2) is 4.79 Å². The van der Waals surface area contributed by atoms with Crippen LogP contribution in [0.2, 0.25) is 0 Å². The fourth-order valence-corrected chi connectivity index (χ4v) is 0.684. The van der Waals surface area contributed by atoms with Crippen LogP contribution in [-0.4, -0.2) is 36.2 Å². The Balaban J connectivity index is 4.61. The lowest BCUT2D eigenvalue weighted by Gasteiger charge is -2.21. The topological polar surface area (TPSA) is 116 Å². The summed E-state index contributed by atoms with van der Waals surface area (Å²) in [4.78, 5) is 21.6. The van der Waals surface area contributed by atoms with E-state index in [-0.39, 0.29) is 6.42 Å². The predicted octanol–water partition coefficient (Wildman–Crippen LogP) is -2.28. The van der Waals surface area contributed by atoms with Gasteiger partial charge in [-0.3, -0.25) is 4.79 Å². The van der Waals surface area contributed by atoms with Gasteiger partial charge in [0.2, 0.25) is 5.91 Å². The first kappa shape index (κ1) is 10.9. The number of esters is 1. The van der Waals surface area contributed by atoms with Crippen molar-refractivity contribution >= 4 is 11.9 Å². The average molecular weight is 176 g/mol. The van der Waals surface area contributed by atoms with Crippen LogP contribution in [-0.2, 0) is 14.3 Å². The van der Waals surface area contributed by atoms with Crippen molar-refractivity contribution in [3.63, 3.8) is 0 Å². The molecule has 0 aromatic carbocycles. The summed E-state index contributed by atoms with van der Waals surface area (Å²) in [6.07, 6.45) is -0.241. The highest BCUT2D eigenvalue weighted by atomic mass is 16.5. The van der Waals surface area contributed by atoms with Crippen LogP contribution in [0.1, 0.15) is 6.42 Å². The maximum Gasteiger partial charge on any atom is 0.335 e. The Kier molecular flexibility index (Phi) is 3.65. The van der Waals surface area contributed by atoms with Gasteiger partial charge in [0.25, 0.3) is 0 Å². The van der Waals surface area contributed by atoms with Gasteiger partial charge in [0.15, 0.2) is 5.54 Å². The SMILES string of the molecule is COC(=O)[C@@](N)(CCO)C(N)=O. The molecular weight excluding hydrogens is 164 g/mol. The molecule has 0 aliphatic carbocycles. The summed E-state index contributed by atoms with van der Waals surface area (Å²) in [5.74, 6) is -1.95. The number of methoxy groups -OCH3 is 1. The van der Waals surface area contributed by atoms with Gasteiger partial charge in [-0.05, 0) is 0 Å². The molecule has 0 aliphatic heterocycles. The normalized spacial score (nSPS) is 14.9. The van der Waals surface area contributed by atoms with Gasteiger partial charge in [-0.2, -0.15) is 0 Å². The third kappa shape index (κ3) is 1.93. The number of carbonyl (C=O) groups is 2. The summed E-state index contributed by atoms with van der Waals surface area (Å²) in [6.45, 7) is -0.408. The lowest BCUT2D eigenvalue weighted by atomic mass is 9.96. The quantitative estimate of drug-likeness (QED) is 0.330. The molecule has 0 radical (unpaired) electrons. The Hall–Kier alpha value is -1.14. The van der Waals surface area contributed by atoms with Crippen LogP contribution in [0.5, 0.6) is 0 Å². The molecule has 5 N–H and O–H groups in total. The summed E-state index contributed by atoms with van der Waals surface area (Å²) in [5.41, 5.74) is 8.24. The highest BCUT2D eigenvalue weighted by molar-refractivity contribution is 6.06. The maximum atomic E-state index is 10.9. The molecular formula is C6H12N2O4. The van der Waals surface area contributed by atoms with Gasteiger partial charge in [0.1, 0.15) is 0 Å². The highest BCUT2D eigenvalue weighted by Crippen LogP contribution is 2.07. The van der Waals surface area contributed by atoms with Gasteiger partial charge in [-0.15, -0.1) is 0 Å². The minimum absolute atomic E-state index is 0.241. The van der Waals surface area contributed by atoms with E-state index < -0.39 is 24.0 Å². The molecule has 0 unspecified atom stereocenters. The second kappa shape index (κ2) is 4.03. The summed E-state index contributed by atoms with van der Waals surface area (Å²) >= 11 is 0. The van der Waals surface area contributed by atoms with Crippen LogP contribution in [0, 0.1) is 0 Å². The third-order valence-corrected chi connectivity index (χ3v) is 1.50. The van der Waals surface area contributed by atoms with Crippen molar-refractivity contribution in [3.05, 3.63) is 0 Å². The second-order valence-corrected chi connectivity index (χ2v) is 2.30. The number of rotatable bonds is 4. The summed E-state index contributed by atoms with van der Waals surface area (Å²) in [6, 6.07) is 0. The van der Waals surface area contributed by atoms with Crippen molar-refractivity contribution in [2.45, 2.75) is 12.0 Å². The molecule has 0 saturated heterocycles. The molecule has 0 saturated carbocycles. The van der Waals surface area contributed by atoms with E-state index >= 15 is 0 Å². The second-order valence-electron chi connectivity index (χ2n) is 2.30. The van der Waals surface area contributed by atoms with E-state index in [1.54, 1.807) is 0 Å². The Morgan fingerprint density at radius 1 is 1.58 bits per heavy atom. The summed E-state index contributed by atoms with van der Waals surface area (Å²) < 4.78 is 4.25. The first-order chi connectivity index (χ1) is 5.49. The standard InChI is InChI=1S/C6H12N2O4/c1-12-5(11)6(8,2-3-9)4(7)10/h9H,2-3,8H2,1H3,(H2,7,10)/t6-/m1/s1. The molecule has 0 aliphatic rings. The van der Waals surface area contributed by atoms with E-state index in [0.29, 0.717) is 0 Å². The number of nitrogens with two attached hydrogens (primary N) is 2. The zero-order chi connectivity index (χ0) is 9.78. The number of hydrogen-bond donors (Lipinski definition) is 3. The van der Waals surface area contributed by atoms with Crippen molar-refractivity contribution in [1.82, 2.24) is 0 Å². The van der Waals surface area contributed by atoms with Gasteiger partial charge < -0.3 is 21.3 Å². The number of hydrogen-bond acceptors (Lipinski definition) is 5. The molecule has 6 nitrogen and oxygen atoms in total. The first-order valence-corrected chi connectivity index (χ1v) is 3.27. The maximum absolute atomic E-state index is 10.9. The van der Waals surface area contributed by atoms with Crippen LogP contribution in [0.25, 0.3) is 0 Å². The third-order valence-electron chi connectivity index (χ3n) is 1.50. The lowest BCUT2D eigenvalue weighted by molar-refractivity contribution is -0.151. The van der Waals surface area contributed by atoms with Crippen LogP contribution >= 0.6 is 0 Å². The molecule has 1 atom stereocenters. The van der Waals surface area contributed by atoms with Gasteiger partial charge in [0.05, 0.1) is 7.11 Å². The van der Waals surface area contributed by atoms with Crippen LogP contribution in [0.3, 0.4) is 0 Å². The van der Waals surface area contributed by atoms with E-state index in [1.807, 2.05) is 0 Å². The number of ether oxygens (including phenoxy) is 1. The van der Waals surface area contributed by atoms with E-state index in [2.05, 4.69) is 4.74 Å². The zero-order valence-electron chi connectivity index (χ0n) is 6.74. The number of carbonyl (C=O) groups excluding carboxylic acids is 2. The summed E-state index contributed by atoms with van der Waals surface area (Å²) in [5, 5.41) is 8.50. The van der Waals surface area contributed by atoms with E-state index in [9.17, 15) is 9.59 Å². The van der Waals surface area contributed by atoms with Gasteiger partial charge >= 0.3 is 5.97 Å². The lowest BCUT2D eigenvalue weighted by Crippen LogP contribution is -2.59. The fourth-order valence-electron chi connectivity index (χ4n) is 0.684. The molecule has 1 amide bonds. The first-order valence-electron chi connectivity index (χ1n) is 3.27. The summed E-state index contributed by atoms with van der Waals surface area (Å²) in [7, 11) is 1.09. The van der Waals surface area contributed by atoms with Crippen molar-refractivity contribution in [2.24, 2.45) is 11.5 Å². The Bertz CT molecular complexity index is 194. The highest BCUT2D eigenvalue weighted by Gasteiger charge is 2.40. The molecule has 0 spiro atoms. The molecule has 12 heavy (non-hydrogen) atoms. The molecule has 0 bridgehead atoms. The Morgan fingerprint density at radius 2 is 2.08 bits per heavy atom. The zero-order valence-corrected chi connectivity index (χ0v) is 6.74. The molecule has 0 aromatic rings. The van der Waals surface area contributed by atoms with Crippen LogP contribution in [0.15, 0.2) is 0 Å². The van der Waals surface area contributed by atoms with Crippen molar-refractivity contribution in [2.75, 3.05) is 13.7 Å². The number of aliphatic hydroxyl groups is 1. The predicted molar refractivity (Wildman–Crippen MR) is 39.8 cm³/mol. The van der Waals surface area contributed by atoms with Crippen molar-refractivity contribution in [1.29, 1.82) is 0 Å². The van der Waals surface area contributed by atoms with E-state index in [4.69, 9.17) is 16.6 Å². The van der Waals surface area contributed by atoms with Gasteiger partial charge in [0, 0.05) is 13.0 Å². The Morgan fingerprint density at radius 3 is 2.33 bits per heavy atom. The molecule has 70 valence electrons. The van der Waals surface area contributed by atoms with Crippen molar-refractivity contribution < 1.29 is 19.4 Å². The van der Waals surface area contributed by atoms with E-state index in [1.165, 1.54) is 0 Å². The average Bonchev–Trinajstić information content (AvgIpc) is 2.03. The van der Waals surface area contributed by atoms with Crippen molar-refractivity contribution in [3.8, 4) is 0 Å². The minimum Gasteiger partial charge on any atom is -0.467 e. The molecule has 0 aromatic heterocycles. The number of amides is 1.